The summed E-state index contributed by atoms with van der Waals surface area (Å²) in [6, 6.07) is -0.628. The Balaban J connectivity index is 3.42. The number of carbonyl (C=O) groups is 2. The highest BCUT2D eigenvalue weighted by atomic mass is 16.5. The fourth-order valence-corrected chi connectivity index (χ4v) is 9.64. The molecule has 0 rings (SSSR count). The predicted molar refractivity (Wildman–Crippen MR) is 292 cm³/mol. The van der Waals surface area contributed by atoms with Crippen molar-refractivity contribution in [1.29, 1.82) is 0 Å². The number of amides is 1. The van der Waals surface area contributed by atoms with Gasteiger partial charge in [0.25, 0.3) is 0 Å². The first-order valence-electron chi connectivity index (χ1n) is 30.5. The standard InChI is InChI=1S/C61H119NO5/c1-3-5-7-9-11-13-15-17-18-19-24-27-30-33-37-41-45-49-53-59(64)58(57-63)62-60(65)54-50-46-42-38-34-31-28-25-22-20-21-23-26-29-32-36-40-44-48-52-56-67-61(66)55-51-47-43-39-35-16-14-12-10-8-6-4-2/h49,53,58-59,63-64H,3-48,50-52,54-57H2,1-2H3,(H,62,65)/b53-49+. The number of rotatable bonds is 57. The second kappa shape index (κ2) is 57.2. The second-order valence-electron chi connectivity index (χ2n) is 21.0. The maximum Gasteiger partial charge on any atom is 0.305 e. The first kappa shape index (κ1) is 65.6. The van der Waals surface area contributed by atoms with Gasteiger partial charge in [0.1, 0.15) is 0 Å². The van der Waals surface area contributed by atoms with Crippen LogP contribution in [0.5, 0.6) is 0 Å². The van der Waals surface area contributed by atoms with Gasteiger partial charge in [-0.2, -0.15) is 0 Å². The molecule has 0 saturated heterocycles. The summed E-state index contributed by atoms with van der Waals surface area (Å²) in [7, 11) is 0. The molecule has 3 N–H and O–H groups in total. The van der Waals surface area contributed by atoms with E-state index in [0.717, 1.165) is 38.5 Å². The number of hydrogen-bond donors (Lipinski definition) is 3. The van der Waals surface area contributed by atoms with E-state index in [1.807, 2.05) is 6.08 Å². The zero-order valence-corrected chi connectivity index (χ0v) is 45.4. The van der Waals surface area contributed by atoms with Gasteiger partial charge in [-0.1, -0.05) is 309 Å². The van der Waals surface area contributed by atoms with Gasteiger partial charge in [0, 0.05) is 12.8 Å². The van der Waals surface area contributed by atoms with Crippen LogP contribution in [0.4, 0.5) is 0 Å². The van der Waals surface area contributed by atoms with Crippen LogP contribution in [-0.4, -0.2) is 47.4 Å². The average molecular weight is 947 g/mol. The molecule has 0 aromatic rings. The summed E-state index contributed by atoms with van der Waals surface area (Å²) >= 11 is 0. The summed E-state index contributed by atoms with van der Waals surface area (Å²) in [6.45, 7) is 4.92. The number of unbranched alkanes of at least 4 members (excludes halogenated alkanes) is 46. The fourth-order valence-electron chi connectivity index (χ4n) is 9.64. The summed E-state index contributed by atoms with van der Waals surface area (Å²) < 4.78 is 5.47. The van der Waals surface area contributed by atoms with Gasteiger partial charge >= 0.3 is 5.97 Å². The predicted octanol–water partition coefficient (Wildman–Crippen LogP) is 18.9. The Hall–Kier alpha value is -1.40. The summed E-state index contributed by atoms with van der Waals surface area (Å²) in [5.41, 5.74) is 0. The third kappa shape index (κ3) is 53.8. The number of carbonyl (C=O) groups excluding carboxylic acids is 2. The van der Waals surface area contributed by atoms with Gasteiger partial charge in [0.05, 0.1) is 25.4 Å². The van der Waals surface area contributed by atoms with E-state index in [1.165, 1.54) is 276 Å². The van der Waals surface area contributed by atoms with Crippen molar-refractivity contribution in [3.8, 4) is 0 Å². The Morgan fingerprint density at radius 2 is 0.687 bits per heavy atom. The Morgan fingerprint density at radius 3 is 1.01 bits per heavy atom. The maximum absolute atomic E-state index is 12.5. The molecule has 6 heteroatoms. The van der Waals surface area contributed by atoms with Crippen molar-refractivity contribution in [2.75, 3.05) is 13.2 Å². The molecule has 0 aromatic heterocycles. The lowest BCUT2D eigenvalue weighted by atomic mass is 10.0. The van der Waals surface area contributed by atoms with Crippen LogP contribution >= 0.6 is 0 Å². The fraction of sp³-hybridized carbons (Fsp3) is 0.934. The van der Waals surface area contributed by atoms with Gasteiger partial charge in [-0.15, -0.1) is 0 Å². The molecule has 0 aliphatic rings. The first-order valence-corrected chi connectivity index (χ1v) is 30.5. The van der Waals surface area contributed by atoms with E-state index in [4.69, 9.17) is 4.74 Å². The summed E-state index contributed by atoms with van der Waals surface area (Å²) in [5.74, 6) is -0.0555. The lowest BCUT2D eigenvalue weighted by molar-refractivity contribution is -0.143. The quantitative estimate of drug-likeness (QED) is 0.0321. The molecular weight excluding hydrogens is 827 g/mol. The molecule has 398 valence electrons. The highest BCUT2D eigenvalue weighted by Crippen LogP contribution is 2.18. The van der Waals surface area contributed by atoms with Crippen LogP contribution < -0.4 is 5.32 Å². The Kier molecular flexibility index (Phi) is 56.0. The zero-order chi connectivity index (χ0) is 48.6. The smallest absolute Gasteiger partial charge is 0.305 e. The molecular formula is C61H119NO5. The summed E-state index contributed by atoms with van der Waals surface area (Å²) in [6.07, 6.45) is 68.1. The van der Waals surface area contributed by atoms with Crippen molar-refractivity contribution in [3.63, 3.8) is 0 Å². The van der Waals surface area contributed by atoms with Gasteiger partial charge in [-0.3, -0.25) is 9.59 Å². The number of allylic oxidation sites excluding steroid dienone is 1. The summed E-state index contributed by atoms with van der Waals surface area (Å²) in [4.78, 5) is 24.5. The first-order chi connectivity index (χ1) is 33.0. The van der Waals surface area contributed by atoms with E-state index in [-0.39, 0.29) is 18.5 Å². The Bertz CT molecular complexity index is 1000. The molecule has 0 heterocycles. The van der Waals surface area contributed by atoms with E-state index >= 15 is 0 Å². The number of aliphatic hydroxyl groups excluding tert-OH is 2. The molecule has 0 radical (unpaired) electrons. The van der Waals surface area contributed by atoms with Crippen LogP contribution in [0.15, 0.2) is 12.2 Å². The minimum atomic E-state index is -0.845. The molecule has 6 nitrogen and oxygen atoms in total. The van der Waals surface area contributed by atoms with Crippen LogP contribution in [0, 0.1) is 0 Å². The zero-order valence-electron chi connectivity index (χ0n) is 45.4. The number of ether oxygens (including phenoxy) is 1. The minimum absolute atomic E-state index is 0.0112. The van der Waals surface area contributed by atoms with E-state index in [9.17, 15) is 19.8 Å². The van der Waals surface area contributed by atoms with E-state index in [0.29, 0.717) is 19.4 Å². The monoisotopic (exact) mass is 946 g/mol. The number of aliphatic hydroxyl groups is 2. The largest absolute Gasteiger partial charge is 0.466 e. The maximum atomic E-state index is 12.5. The number of hydrogen-bond acceptors (Lipinski definition) is 5. The molecule has 0 aliphatic carbocycles. The molecule has 0 fully saturated rings. The number of esters is 1. The molecule has 2 atom stereocenters. The topological polar surface area (TPSA) is 95.9 Å². The van der Waals surface area contributed by atoms with Gasteiger partial charge in [-0.05, 0) is 32.1 Å². The normalized spacial score (nSPS) is 12.6. The third-order valence-electron chi connectivity index (χ3n) is 14.3. The highest BCUT2D eigenvalue weighted by molar-refractivity contribution is 5.76. The van der Waals surface area contributed by atoms with Crippen LogP contribution in [-0.2, 0) is 14.3 Å². The van der Waals surface area contributed by atoms with E-state index < -0.39 is 12.1 Å². The van der Waals surface area contributed by atoms with Crippen LogP contribution in [0.25, 0.3) is 0 Å². The summed E-state index contributed by atoms with van der Waals surface area (Å²) in [5, 5.41) is 23.2. The van der Waals surface area contributed by atoms with E-state index in [1.54, 1.807) is 6.08 Å². The minimum Gasteiger partial charge on any atom is -0.466 e. The highest BCUT2D eigenvalue weighted by Gasteiger charge is 2.18. The molecule has 0 aliphatic heterocycles. The van der Waals surface area contributed by atoms with Crippen molar-refractivity contribution in [2.45, 2.75) is 353 Å². The van der Waals surface area contributed by atoms with Gasteiger partial charge < -0.3 is 20.3 Å². The lowest BCUT2D eigenvalue weighted by Gasteiger charge is -2.20. The average Bonchev–Trinajstić information content (AvgIpc) is 3.33. The molecule has 2 unspecified atom stereocenters. The van der Waals surface area contributed by atoms with Crippen molar-refractivity contribution >= 4 is 11.9 Å². The Labute approximate surface area is 419 Å². The lowest BCUT2D eigenvalue weighted by Crippen LogP contribution is -2.45. The van der Waals surface area contributed by atoms with Crippen molar-refractivity contribution in [2.24, 2.45) is 0 Å². The van der Waals surface area contributed by atoms with Crippen molar-refractivity contribution in [3.05, 3.63) is 12.2 Å². The van der Waals surface area contributed by atoms with Crippen molar-refractivity contribution < 1.29 is 24.5 Å². The molecule has 0 spiro atoms. The van der Waals surface area contributed by atoms with Crippen LogP contribution in [0.2, 0.25) is 0 Å². The second-order valence-corrected chi connectivity index (χ2v) is 21.0. The van der Waals surface area contributed by atoms with Crippen LogP contribution in [0.1, 0.15) is 341 Å². The van der Waals surface area contributed by atoms with Crippen LogP contribution in [0.3, 0.4) is 0 Å². The number of nitrogens with one attached hydrogen (secondary N) is 1. The van der Waals surface area contributed by atoms with Crippen molar-refractivity contribution in [1.82, 2.24) is 5.32 Å². The third-order valence-corrected chi connectivity index (χ3v) is 14.3. The molecule has 0 aromatic carbocycles. The SMILES string of the molecule is CCCCCCCCCCCCCCCCCC/C=C/C(O)C(CO)NC(=O)CCCCCCCCCCCCCCCCCCCCCCOC(=O)CCCCCCCCCCCCCC. The Morgan fingerprint density at radius 1 is 0.403 bits per heavy atom. The molecule has 0 bridgehead atoms. The van der Waals surface area contributed by atoms with Gasteiger partial charge in [0.2, 0.25) is 5.91 Å². The molecule has 67 heavy (non-hydrogen) atoms. The molecule has 1 amide bonds. The van der Waals surface area contributed by atoms with Gasteiger partial charge in [0.15, 0.2) is 0 Å². The van der Waals surface area contributed by atoms with Gasteiger partial charge in [-0.25, -0.2) is 0 Å². The molecule has 0 saturated carbocycles. The van der Waals surface area contributed by atoms with E-state index in [2.05, 4.69) is 19.2 Å².